The van der Waals surface area contributed by atoms with Crippen molar-refractivity contribution in [3.8, 4) is 0 Å². The summed E-state index contributed by atoms with van der Waals surface area (Å²) in [6.07, 6.45) is -0.649. The summed E-state index contributed by atoms with van der Waals surface area (Å²) >= 11 is 3.33. The number of alkyl carbamates (subject to hydrolysis) is 1. The van der Waals surface area contributed by atoms with Gasteiger partial charge in [-0.15, -0.1) is 0 Å². The minimum absolute atomic E-state index is 0.0912. The fourth-order valence-corrected chi connectivity index (χ4v) is 1.77. The van der Waals surface area contributed by atoms with Crippen molar-refractivity contribution < 1.29 is 19.1 Å². The Labute approximate surface area is 126 Å². The number of carbonyl (C=O) groups is 2. The number of ether oxygens (including phenoxy) is 2. The molecule has 1 rings (SSSR count). The molecule has 0 saturated heterocycles. The zero-order valence-corrected chi connectivity index (χ0v) is 13.3. The molecule has 0 heterocycles. The number of carbonyl (C=O) groups excluding carboxylic acids is 2. The summed E-state index contributed by atoms with van der Waals surface area (Å²) in [6.45, 7) is 3.81. The number of esters is 1. The Morgan fingerprint density at radius 1 is 1.25 bits per heavy atom. The Kier molecular flexibility index (Phi) is 6.51. The number of hydrogen-bond donors (Lipinski definition) is 1. The zero-order valence-electron chi connectivity index (χ0n) is 11.7. The maximum absolute atomic E-state index is 12.0. The van der Waals surface area contributed by atoms with Crippen LogP contribution >= 0.6 is 15.9 Å². The fourth-order valence-electron chi connectivity index (χ4n) is 1.51. The van der Waals surface area contributed by atoms with Gasteiger partial charge in [0.1, 0.15) is 12.6 Å². The smallest absolute Gasteiger partial charge is 0.407 e. The highest BCUT2D eigenvalue weighted by Gasteiger charge is 2.25. The number of amides is 1. The Morgan fingerprint density at radius 2 is 1.85 bits per heavy atom. The molecule has 0 spiro atoms. The number of methoxy groups -OCH3 is 1. The molecule has 0 aliphatic rings. The van der Waals surface area contributed by atoms with Crippen LogP contribution in [0.4, 0.5) is 4.79 Å². The lowest BCUT2D eigenvalue weighted by atomic mass is 10.1. The molecule has 5 nitrogen and oxygen atoms in total. The van der Waals surface area contributed by atoms with Crippen LogP contribution in [0, 0.1) is 5.92 Å². The topological polar surface area (TPSA) is 64.6 Å². The Bertz CT molecular complexity index is 459. The van der Waals surface area contributed by atoms with E-state index in [1.165, 1.54) is 7.11 Å². The van der Waals surface area contributed by atoms with Crippen LogP contribution in [0.5, 0.6) is 0 Å². The van der Waals surface area contributed by atoms with Gasteiger partial charge in [0, 0.05) is 4.47 Å². The Morgan fingerprint density at radius 3 is 2.35 bits per heavy atom. The highest BCUT2D eigenvalue weighted by molar-refractivity contribution is 9.10. The second kappa shape index (κ2) is 7.89. The summed E-state index contributed by atoms with van der Waals surface area (Å²) < 4.78 is 10.7. The predicted molar refractivity (Wildman–Crippen MR) is 78.1 cm³/mol. The van der Waals surface area contributed by atoms with Gasteiger partial charge in [0.05, 0.1) is 7.11 Å². The van der Waals surface area contributed by atoms with Crippen LogP contribution in [0.2, 0.25) is 0 Å². The number of rotatable bonds is 5. The van der Waals surface area contributed by atoms with E-state index in [1.54, 1.807) is 0 Å². The van der Waals surface area contributed by atoms with E-state index in [9.17, 15) is 9.59 Å². The van der Waals surface area contributed by atoms with Crippen LogP contribution in [0.3, 0.4) is 0 Å². The second-order valence-corrected chi connectivity index (χ2v) is 5.51. The van der Waals surface area contributed by atoms with Crippen LogP contribution in [-0.2, 0) is 20.9 Å². The fraction of sp³-hybridized carbons (Fsp3) is 0.429. The highest BCUT2D eigenvalue weighted by atomic mass is 79.9. The first-order valence-corrected chi connectivity index (χ1v) is 6.99. The largest absolute Gasteiger partial charge is 0.459 e. The Balaban J connectivity index is 2.57. The van der Waals surface area contributed by atoms with Gasteiger partial charge in [0.25, 0.3) is 0 Å². The van der Waals surface area contributed by atoms with Crippen molar-refractivity contribution in [3.63, 3.8) is 0 Å². The van der Waals surface area contributed by atoms with Gasteiger partial charge in [-0.2, -0.15) is 0 Å². The van der Waals surface area contributed by atoms with Crippen LogP contribution in [0.25, 0.3) is 0 Å². The molecule has 1 aromatic rings. The van der Waals surface area contributed by atoms with Gasteiger partial charge in [-0.1, -0.05) is 41.9 Å². The molecule has 6 heteroatoms. The first-order chi connectivity index (χ1) is 9.43. The van der Waals surface area contributed by atoms with Crippen molar-refractivity contribution in [2.75, 3.05) is 7.11 Å². The third-order valence-corrected chi connectivity index (χ3v) is 3.20. The molecule has 1 aromatic carbocycles. The van der Waals surface area contributed by atoms with E-state index in [0.29, 0.717) is 0 Å². The monoisotopic (exact) mass is 343 g/mol. The summed E-state index contributed by atoms with van der Waals surface area (Å²) in [5.74, 6) is -0.570. The third kappa shape index (κ3) is 5.21. The normalized spacial score (nSPS) is 11.8. The molecule has 0 aliphatic heterocycles. The molecule has 0 saturated carbocycles. The van der Waals surface area contributed by atoms with E-state index in [0.717, 1.165) is 10.0 Å². The quantitative estimate of drug-likeness (QED) is 0.835. The lowest BCUT2D eigenvalue weighted by Gasteiger charge is -2.20. The van der Waals surface area contributed by atoms with Crippen LogP contribution in [0.1, 0.15) is 19.4 Å². The maximum Gasteiger partial charge on any atom is 0.407 e. The van der Waals surface area contributed by atoms with E-state index < -0.39 is 18.1 Å². The third-order valence-electron chi connectivity index (χ3n) is 2.67. The van der Waals surface area contributed by atoms with Crippen molar-refractivity contribution in [2.45, 2.75) is 26.5 Å². The van der Waals surface area contributed by atoms with Gasteiger partial charge in [-0.25, -0.2) is 9.59 Å². The molecule has 0 fully saturated rings. The van der Waals surface area contributed by atoms with Gasteiger partial charge >= 0.3 is 12.1 Å². The molecule has 0 radical (unpaired) electrons. The van der Waals surface area contributed by atoms with Crippen LogP contribution in [-0.4, -0.2) is 25.2 Å². The van der Waals surface area contributed by atoms with E-state index in [-0.39, 0.29) is 12.5 Å². The highest BCUT2D eigenvalue weighted by Crippen LogP contribution is 2.12. The van der Waals surface area contributed by atoms with Crippen LogP contribution in [0.15, 0.2) is 28.7 Å². The van der Waals surface area contributed by atoms with Gasteiger partial charge < -0.3 is 14.8 Å². The molecule has 1 amide bonds. The summed E-state index contributed by atoms with van der Waals surface area (Å²) in [7, 11) is 1.25. The van der Waals surface area contributed by atoms with Crippen LogP contribution < -0.4 is 5.32 Å². The molecule has 0 aliphatic carbocycles. The van der Waals surface area contributed by atoms with Crippen molar-refractivity contribution in [1.82, 2.24) is 5.32 Å². The lowest BCUT2D eigenvalue weighted by Crippen LogP contribution is -2.45. The molecule has 1 atom stereocenters. The first-order valence-electron chi connectivity index (χ1n) is 6.19. The summed E-state index contributed by atoms with van der Waals surface area (Å²) in [5.41, 5.74) is 0.877. The summed E-state index contributed by atoms with van der Waals surface area (Å²) in [5, 5.41) is 2.47. The molecule has 110 valence electrons. The SMILES string of the molecule is COC(=O)N[C@H](C(=O)OCc1ccc(Br)cc1)C(C)C. The van der Waals surface area contributed by atoms with Gasteiger partial charge in [-0.3, -0.25) is 0 Å². The predicted octanol–water partition coefficient (Wildman–Crippen LogP) is 2.87. The number of halogens is 1. The molecular weight excluding hydrogens is 326 g/mol. The summed E-state index contributed by atoms with van der Waals surface area (Å²) in [6, 6.07) is 6.73. The number of nitrogens with one attached hydrogen (secondary N) is 1. The van der Waals surface area contributed by atoms with E-state index in [1.807, 2.05) is 38.1 Å². The van der Waals surface area contributed by atoms with E-state index in [2.05, 4.69) is 26.0 Å². The minimum Gasteiger partial charge on any atom is -0.459 e. The van der Waals surface area contributed by atoms with Crippen molar-refractivity contribution in [3.05, 3.63) is 34.3 Å². The average Bonchev–Trinajstić information content (AvgIpc) is 2.43. The summed E-state index contributed by atoms with van der Waals surface area (Å²) in [4.78, 5) is 23.2. The van der Waals surface area contributed by atoms with E-state index >= 15 is 0 Å². The Hall–Kier alpha value is -1.56. The number of benzene rings is 1. The second-order valence-electron chi connectivity index (χ2n) is 4.59. The molecule has 20 heavy (non-hydrogen) atoms. The molecule has 1 N–H and O–H groups in total. The molecule has 0 bridgehead atoms. The van der Waals surface area contributed by atoms with Gasteiger partial charge in [0.15, 0.2) is 0 Å². The van der Waals surface area contributed by atoms with Gasteiger partial charge in [-0.05, 0) is 23.6 Å². The van der Waals surface area contributed by atoms with E-state index in [4.69, 9.17) is 4.74 Å². The average molecular weight is 344 g/mol. The minimum atomic E-state index is -0.724. The molecule has 0 aromatic heterocycles. The molecular formula is C14H18BrNO4. The van der Waals surface area contributed by atoms with Crippen molar-refractivity contribution in [2.24, 2.45) is 5.92 Å². The van der Waals surface area contributed by atoms with Crippen molar-refractivity contribution in [1.29, 1.82) is 0 Å². The molecule has 0 unspecified atom stereocenters. The standard InChI is InChI=1S/C14H18BrNO4/c1-9(2)12(16-14(18)19-3)13(17)20-8-10-4-6-11(15)7-5-10/h4-7,9,12H,8H2,1-3H3,(H,16,18)/t12-/m0/s1. The van der Waals surface area contributed by atoms with Gasteiger partial charge in [0.2, 0.25) is 0 Å². The lowest BCUT2D eigenvalue weighted by molar-refractivity contribution is -0.148. The zero-order chi connectivity index (χ0) is 15.1. The first kappa shape index (κ1) is 16.5. The number of hydrogen-bond acceptors (Lipinski definition) is 4. The maximum atomic E-state index is 12.0. The van der Waals surface area contributed by atoms with Crippen molar-refractivity contribution >= 4 is 28.0 Å².